The Morgan fingerprint density at radius 2 is 2.33 bits per heavy atom. The summed E-state index contributed by atoms with van der Waals surface area (Å²) in [7, 11) is 0. The van der Waals surface area contributed by atoms with Gasteiger partial charge in [-0.15, -0.1) is 11.3 Å². The fourth-order valence-electron chi connectivity index (χ4n) is 1.86. The maximum atomic E-state index is 12.1. The number of rotatable bonds is 2. The van der Waals surface area contributed by atoms with E-state index in [1.807, 2.05) is 29.7 Å². The van der Waals surface area contributed by atoms with E-state index in [4.69, 9.17) is 0 Å². The van der Waals surface area contributed by atoms with Gasteiger partial charge in [-0.2, -0.15) is 0 Å². The molecule has 0 spiro atoms. The Bertz CT molecular complexity index is 737. The van der Waals surface area contributed by atoms with Gasteiger partial charge in [0.2, 0.25) is 5.43 Å². The first kappa shape index (κ1) is 11.0. The maximum Gasteiger partial charge on any atom is 0.260 e. The van der Waals surface area contributed by atoms with Crippen molar-refractivity contribution >= 4 is 27.5 Å². The number of fused-ring (bicyclic) bond motifs is 1. The number of H-pyrrole nitrogens is 1. The van der Waals surface area contributed by atoms with E-state index in [-0.39, 0.29) is 16.9 Å². The van der Waals surface area contributed by atoms with Crippen molar-refractivity contribution in [3.63, 3.8) is 0 Å². The summed E-state index contributed by atoms with van der Waals surface area (Å²) in [5.74, 6) is -0.360. The molecule has 0 fully saturated rings. The van der Waals surface area contributed by atoms with Crippen LogP contribution in [-0.2, 0) is 0 Å². The molecule has 0 saturated carbocycles. The molecule has 0 unspecified atom stereocenters. The molecule has 0 aliphatic heterocycles. The molecule has 90 valence electrons. The van der Waals surface area contributed by atoms with Gasteiger partial charge >= 0.3 is 0 Å². The van der Waals surface area contributed by atoms with Crippen molar-refractivity contribution in [2.45, 2.75) is 6.42 Å². The Kier molecular flexibility index (Phi) is 2.60. The van der Waals surface area contributed by atoms with Crippen LogP contribution in [0.3, 0.4) is 0 Å². The molecule has 0 bridgehead atoms. The fourth-order valence-corrected chi connectivity index (χ4v) is 2.67. The minimum Gasteiger partial charge on any atom is -0.359 e. The Morgan fingerprint density at radius 1 is 1.44 bits per heavy atom. The zero-order valence-corrected chi connectivity index (χ0v) is 10.2. The van der Waals surface area contributed by atoms with Gasteiger partial charge in [0.05, 0.1) is 10.2 Å². The Morgan fingerprint density at radius 3 is 3.11 bits per heavy atom. The molecule has 1 amide bonds. The third kappa shape index (κ3) is 1.78. The van der Waals surface area contributed by atoms with Crippen LogP contribution >= 0.6 is 11.3 Å². The summed E-state index contributed by atoms with van der Waals surface area (Å²) < 4.78 is 0.584. The van der Waals surface area contributed by atoms with Gasteiger partial charge in [-0.05, 0) is 17.5 Å². The van der Waals surface area contributed by atoms with Crippen molar-refractivity contribution in [1.29, 1.82) is 0 Å². The lowest BCUT2D eigenvalue weighted by Crippen LogP contribution is -2.27. The standard InChI is InChI=1S/C13H10N2O2S/c16-11-9(7-14-10-5-6-18-12(10)11)13(17)15-8-3-1-2-4-8/h1-3,5-7H,4H2,(H,14,16)(H,15,17). The van der Waals surface area contributed by atoms with E-state index in [2.05, 4.69) is 10.3 Å². The number of amides is 1. The van der Waals surface area contributed by atoms with Gasteiger partial charge < -0.3 is 10.3 Å². The lowest BCUT2D eigenvalue weighted by atomic mass is 10.2. The molecule has 2 N–H and O–H groups in total. The summed E-state index contributed by atoms with van der Waals surface area (Å²) >= 11 is 1.34. The van der Waals surface area contributed by atoms with Gasteiger partial charge in [-0.3, -0.25) is 9.59 Å². The highest BCUT2D eigenvalue weighted by molar-refractivity contribution is 7.17. The van der Waals surface area contributed by atoms with Crippen molar-refractivity contribution in [1.82, 2.24) is 10.3 Å². The number of pyridine rings is 1. The predicted octanol–water partition coefficient (Wildman–Crippen LogP) is 2.16. The molecule has 5 heteroatoms. The molecular weight excluding hydrogens is 248 g/mol. The van der Waals surface area contributed by atoms with E-state index in [9.17, 15) is 9.59 Å². The molecule has 0 atom stereocenters. The third-order valence-electron chi connectivity index (χ3n) is 2.78. The topological polar surface area (TPSA) is 62.0 Å². The summed E-state index contributed by atoms with van der Waals surface area (Å²) in [6.45, 7) is 0. The molecular formula is C13H10N2O2S. The Labute approximate surface area is 107 Å². The summed E-state index contributed by atoms with van der Waals surface area (Å²) in [6.07, 6.45) is 7.82. The first-order chi connectivity index (χ1) is 8.75. The maximum absolute atomic E-state index is 12.1. The number of hydrogen-bond acceptors (Lipinski definition) is 3. The highest BCUT2D eigenvalue weighted by Gasteiger charge is 2.14. The first-order valence-electron chi connectivity index (χ1n) is 5.51. The smallest absolute Gasteiger partial charge is 0.260 e. The summed E-state index contributed by atoms with van der Waals surface area (Å²) in [5, 5.41) is 4.56. The van der Waals surface area contributed by atoms with Crippen LogP contribution in [0.5, 0.6) is 0 Å². The molecule has 3 rings (SSSR count). The second kappa shape index (κ2) is 4.27. The minimum absolute atomic E-state index is 0.151. The van der Waals surface area contributed by atoms with Crippen LogP contribution in [0.15, 0.2) is 46.4 Å². The Balaban J connectivity index is 1.96. The molecule has 1 aliphatic rings. The van der Waals surface area contributed by atoms with Gasteiger partial charge in [-0.25, -0.2) is 0 Å². The van der Waals surface area contributed by atoms with Gasteiger partial charge in [-0.1, -0.05) is 12.2 Å². The largest absolute Gasteiger partial charge is 0.359 e. The monoisotopic (exact) mass is 258 g/mol. The number of aromatic amines is 1. The van der Waals surface area contributed by atoms with Gasteiger partial charge in [0.15, 0.2) is 0 Å². The summed E-state index contributed by atoms with van der Waals surface area (Å²) in [6, 6.07) is 1.83. The fraction of sp³-hybridized carbons (Fsp3) is 0.0769. The van der Waals surface area contributed by atoms with E-state index in [1.54, 1.807) is 0 Å². The van der Waals surface area contributed by atoms with Crippen LogP contribution in [0.1, 0.15) is 16.8 Å². The first-order valence-corrected chi connectivity index (χ1v) is 6.39. The van der Waals surface area contributed by atoms with E-state index in [0.717, 1.165) is 11.2 Å². The van der Waals surface area contributed by atoms with Crippen molar-refractivity contribution in [3.05, 3.63) is 57.4 Å². The zero-order valence-electron chi connectivity index (χ0n) is 9.40. The molecule has 0 aromatic carbocycles. The van der Waals surface area contributed by atoms with Crippen molar-refractivity contribution in [2.75, 3.05) is 0 Å². The third-order valence-corrected chi connectivity index (χ3v) is 3.69. The van der Waals surface area contributed by atoms with E-state index in [0.29, 0.717) is 11.1 Å². The van der Waals surface area contributed by atoms with E-state index >= 15 is 0 Å². The molecule has 4 nitrogen and oxygen atoms in total. The van der Waals surface area contributed by atoms with Crippen LogP contribution in [-0.4, -0.2) is 10.9 Å². The summed E-state index contributed by atoms with van der Waals surface area (Å²) in [5.41, 5.74) is 1.51. The van der Waals surface area contributed by atoms with Crippen molar-refractivity contribution in [3.8, 4) is 0 Å². The lowest BCUT2D eigenvalue weighted by molar-refractivity contribution is 0.0964. The number of aromatic nitrogens is 1. The van der Waals surface area contributed by atoms with Gasteiger partial charge in [0.1, 0.15) is 5.56 Å². The number of allylic oxidation sites excluding steroid dienone is 3. The predicted molar refractivity (Wildman–Crippen MR) is 71.8 cm³/mol. The minimum atomic E-state index is -0.360. The highest BCUT2D eigenvalue weighted by Crippen LogP contribution is 2.15. The SMILES string of the molecule is O=C(NC1=CC=CC1)c1c[nH]c2ccsc2c1=O. The molecule has 2 heterocycles. The van der Waals surface area contributed by atoms with Crippen LogP contribution in [0, 0.1) is 0 Å². The molecule has 0 radical (unpaired) electrons. The number of carbonyl (C=O) groups excluding carboxylic acids is 1. The van der Waals surface area contributed by atoms with Gasteiger partial charge in [0, 0.05) is 18.3 Å². The molecule has 1 aliphatic carbocycles. The number of hydrogen-bond donors (Lipinski definition) is 2. The van der Waals surface area contributed by atoms with E-state index < -0.39 is 0 Å². The highest BCUT2D eigenvalue weighted by atomic mass is 32.1. The molecule has 2 aromatic rings. The zero-order chi connectivity index (χ0) is 12.5. The number of carbonyl (C=O) groups is 1. The van der Waals surface area contributed by atoms with Crippen molar-refractivity contribution < 1.29 is 4.79 Å². The number of nitrogens with one attached hydrogen (secondary N) is 2. The van der Waals surface area contributed by atoms with Crippen molar-refractivity contribution in [2.24, 2.45) is 0 Å². The molecule has 2 aromatic heterocycles. The van der Waals surface area contributed by atoms with E-state index in [1.165, 1.54) is 17.5 Å². The van der Waals surface area contributed by atoms with Gasteiger partial charge in [0.25, 0.3) is 5.91 Å². The number of thiophene rings is 1. The summed E-state index contributed by atoms with van der Waals surface area (Å²) in [4.78, 5) is 27.1. The normalized spacial score (nSPS) is 13.9. The Hall–Kier alpha value is -2.14. The average molecular weight is 258 g/mol. The molecule has 0 saturated heterocycles. The quantitative estimate of drug-likeness (QED) is 0.867. The second-order valence-corrected chi connectivity index (χ2v) is 4.89. The average Bonchev–Trinajstić information content (AvgIpc) is 2.99. The van der Waals surface area contributed by atoms with Crippen LogP contribution in [0.2, 0.25) is 0 Å². The second-order valence-electron chi connectivity index (χ2n) is 3.97. The lowest BCUT2D eigenvalue weighted by Gasteiger charge is -2.05. The molecule has 18 heavy (non-hydrogen) atoms. The van der Waals surface area contributed by atoms with Crippen LogP contribution in [0.25, 0.3) is 10.2 Å². The van der Waals surface area contributed by atoms with Crippen LogP contribution < -0.4 is 10.7 Å². The van der Waals surface area contributed by atoms with Crippen LogP contribution in [0.4, 0.5) is 0 Å².